The molecule has 6 nitrogen and oxygen atoms in total. The monoisotopic (exact) mass is 360 g/mol. The van der Waals surface area contributed by atoms with Gasteiger partial charge in [-0.05, 0) is 18.4 Å². The van der Waals surface area contributed by atoms with E-state index in [0.717, 1.165) is 18.4 Å². The summed E-state index contributed by atoms with van der Waals surface area (Å²) in [6, 6.07) is 9.66. The number of piperidine rings is 1. The third-order valence-corrected chi connectivity index (χ3v) is 4.95. The van der Waals surface area contributed by atoms with Crippen molar-refractivity contribution >= 4 is 23.2 Å². The molecule has 0 radical (unpaired) electrons. The fraction of sp³-hybridized carbons (Fsp3) is 0.389. The molecular formula is C18H21ClN4O2. The van der Waals surface area contributed by atoms with Crippen molar-refractivity contribution in [1.82, 2.24) is 15.1 Å². The van der Waals surface area contributed by atoms with Gasteiger partial charge >= 0.3 is 0 Å². The quantitative estimate of drug-likeness (QED) is 0.904. The number of halogens is 1. The van der Waals surface area contributed by atoms with Gasteiger partial charge in [-0.1, -0.05) is 41.9 Å². The maximum atomic E-state index is 12.5. The van der Waals surface area contributed by atoms with E-state index in [-0.39, 0.29) is 22.4 Å². The second kappa shape index (κ2) is 7.70. The number of carbonyl (C=O) groups excluding carboxylic acids is 1. The van der Waals surface area contributed by atoms with Crippen molar-refractivity contribution in [3.05, 3.63) is 57.5 Å². The summed E-state index contributed by atoms with van der Waals surface area (Å²) in [5.41, 5.74) is 1.34. The standard InChI is InChI=1S/C18H21ClN4O2/c1-20-17(24)14-7-9-22(10-8-14)15-11-21-23(18(25)16(15)19)12-13-5-3-2-4-6-13/h2-6,11,14H,7-10,12H2,1H3,(H,20,24). The van der Waals surface area contributed by atoms with Gasteiger partial charge in [-0.2, -0.15) is 5.10 Å². The molecule has 0 atom stereocenters. The molecule has 1 aromatic heterocycles. The maximum Gasteiger partial charge on any atom is 0.287 e. The first-order valence-electron chi connectivity index (χ1n) is 8.36. The Balaban J connectivity index is 1.75. The molecule has 0 saturated carbocycles. The summed E-state index contributed by atoms with van der Waals surface area (Å²) in [5, 5.41) is 7.15. The second-order valence-corrected chi connectivity index (χ2v) is 6.55. The molecule has 0 aliphatic carbocycles. The van der Waals surface area contributed by atoms with Crippen molar-refractivity contribution < 1.29 is 4.79 Å². The van der Waals surface area contributed by atoms with Crippen LogP contribution in [0.2, 0.25) is 5.02 Å². The van der Waals surface area contributed by atoms with Crippen LogP contribution in [0.5, 0.6) is 0 Å². The fourth-order valence-electron chi connectivity index (χ4n) is 3.13. The van der Waals surface area contributed by atoms with Crippen molar-refractivity contribution in [2.24, 2.45) is 5.92 Å². The first-order chi connectivity index (χ1) is 12.1. The third kappa shape index (κ3) is 3.85. The van der Waals surface area contributed by atoms with Gasteiger partial charge in [0.15, 0.2) is 0 Å². The van der Waals surface area contributed by atoms with Gasteiger partial charge in [-0.15, -0.1) is 0 Å². The molecule has 2 aromatic rings. The van der Waals surface area contributed by atoms with Crippen molar-refractivity contribution in [3.63, 3.8) is 0 Å². The Labute approximate surface area is 151 Å². The van der Waals surface area contributed by atoms with Crippen molar-refractivity contribution in [3.8, 4) is 0 Å². The summed E-state index contributed by atoms with van der Waals surface area (Å²) in [5.74, 6) is 0.0913. The van der Waals surface area contributed by atoms with Crippen LogP contribution in [0.15, 0.2) is 41.3 Å². The number of nitrogens with zero attached hydrogens (tertiary/aromatic N) is 3. The SMILES string of the molecule is CNC(=O)C1CCN(c2cnn(Cc3ccccc3)c(=O)c2Cl)CC1. The van der Waals surface area contributed by atoms with Crippen LogP contribution in [0.3, 0.4) is 0 Å². The van der Waals surface area contributed by atoms with Gasteiger partial charge in [-0.3, -0.25) is 9.59 Å². The number of aromatic nitrogens is 2. The Morgan fingerprint density at radius 3 is 2.60 bits per heavy atom. The Hall–Kier alpha value is -2.34. The lowest BCUT2D eigenvalue weighted by molar-refractivity contribution is -0.125. The van der Waals surface area contributed by atoms with Crippen LogP contribution in [0, 0.1) is 5.92 Å². The van der Waals surface area contributed by atoms with E-state index in [2.05, 4.69) is 10.4 Å². The number of anilines is 1. The number of hydrogen-bond donors (Lipinski definition) is 1. The van der Waals surface area contributed by atoms with Gasteiger partial charge < -0.3 is 10.2 Å². The highest BCUT2D eigenvalue weighted by Gasteiger charge is 2.26. The molecule has 0 spiro atoms. The summed E-state index contributed by atoms with van der Waals surface area (Å²) < 4.78 is 1.37. The first-order valence-corrected chi connectivity index (χ1v) is 8.74. The third-order valence-electron chi connectivity index (χ3n) is 4.59. The minimum absolute atomic E-state index is 0.0198. The Morgan fingerprint density at radius 2 is 1.96 bits per heavy atom. The molecule has 0 unspecified atom stereocenters. The van der Waals surface area contributed by atoms with E-state index in [0.29, 0.717) is 25.3 Å². The number of rotatable bonds is 4. The van der Waals surface area contributed by atoms with E-state index in [1.807, 2.05) is 35.2 Å². The van der Waals surface area contributed by atoms with Crippen molar-refractivity contribution in [2.45, 2.75) is 19.4 Å². The smallest absolute Gasteiger partial charge is 0.287 e. The normalized spacial score (nSPS) is 15.2. The van der Waals surface area contributed by atoms with E-state index < -0.39 is 0 Å². The molecule has 1 aliphatic rings. The van der Waals surface area contributed by atoms with Gasteiger partial charge in [0.25, 0.3) is 5.56 Å². The summed E-state index contributed by atoms with van der Waals surface area (Å²) in [6.45, 7) is 1.75. The summed E-state index contributed by atoms with van der Waals surface area (Å²) >= 11 is 6.33. The van der Waals surface area contributed by atoms with E-state index in [9.17, 15) is 9.59 Å². The highest BCUT2D eigenvalue weighted by molar-refractivity contribution is 6.33. The summed E-state index contributed by atoms with van der Waals surface area (Å²) in [4.78, 5) is 26.3. The minimum Gasteiger partial charge on any atom is -0.369 e. The molecule has 25 heavy (non-hydrogen) atoms. The zero-order valence-corrected chi connectivity index (χ0v) is 14.9. The fourth-order valence-corrected chi connectivity index (χ4v) is 3.40. The van der Waals surface area contributed by atoms with Crippen LogP contribution in [0.4, 0.5) is 5.69 Å². The molecule has 1 aromatic carbocycles. The Bertz CT molecular complexity index is 798. The van der Waals surface area contributed by atoms with Gasteiger partial charge in [0.1, 0.15) is 5.02 Å². The molecule has 1 saturated heterocycles. The number of amides is 1. The van der Waals surface area contributed by atoms with Crippen molar-refractivity contribution in [1.29, 1.82) is 0 Å². The summed E-state index contributed by atoms with van der Waals surface area (Å²) in [6.07, 6.45) is 3.12. The van der Waals surface area contributed by atoms with Gasteiger partial charge in [-0.25, -0.2) is 4.68 Å². The van der Waals surface area contributed by atoms with E-state index in [1.165, 1.54) is 4.68 Å². The van der Waals surface area contributed by atoms with Crippen LogP contribution in [0.25, 0.3) is 0 Å². The lowest BCUT2D eigenvalue weighted by Crippen LogP contribution is -2.40. The zero-order chi connectivity index (χ0) is 17.8. The van der Waals surface area contributed by atoms with Gasteiger partial charge in [0.2, 0.25) is 5.91 Å². The molecule has 1 amide bonds. The highest BCUT2D eigenvalue weighted by Crippen LogP contribution is 2.26. The van der Waals surface area contributed by atoms with E-state index in [1.54, 1.807) is 13.2 Å². The molecule has 2 heterocycles. The Morgan fingerprint density at radius 1 is 1.28 bits per heavy atom. The number of carbonyl (C=O) groups is 1. The van der Waals surface area contributed by atoms with Gasteiger partial charge in [0.05, 0.1) is 18.4 Å². The molecule has 0 bridgehead atoms. The average molecular weight is 361 g/mol. The van der Waals surface area contributed by atoms with Crippen LogP contribution >= 0.6 is 11.6 Å². The lowest BCUT2D eigenvalue weighted by Gasteiger charge is -2.32. The molecule has 1 fully saturated rings. The van der Waals surface area contributed by atoms with Gasteiger partial charge in [0, 0.05) is 26.1 Å². The minimum atomic E-state index is -0.295. The van der Waals surface area contributed by atoms with Crippen LogP contribution < -0.4 is 15.8 Å². The molecule has 3 rings (SSSR count). The first kappa shape index (κ1) is 17.5. The molecule has 1 N–H and O–H groups in total. The highest BCUT2D eigenvalue weighted by atomic mass is 35.5. The van der Waals surface area contributed by atoms with E-state index >= 15 is 0 Å². The maximum absolute atomic E-state index is 12.5. The predicted molar refractivity (Wildman–Crippen MR) is 98.1 cm³/mol. The van der Waals surface area contributed by atoms with Crippen LogP contribution in [-0.2, 0) is 11.3 Å². The van der Waals surface area contributed by atoms with Crippen LogP contribution in [-0.4, -0.2) is 35.8 Å². The Kier molecular flexibility index (Phi) is 5.38. The number of hydrogen-bond acceptors (Lipinski definition) is 4. The average Bonchev–Trinajstić information content (AvgIpc) is 2.66. The molecule has 132 valence electrons. The van der Waals surface area contributed by atoms with Crippen molar-refractivity contribution in [2.75, 3.05) is 25.0 Å². The van der Waals surface area contributed by atoms with E-state index in [4.69, 9.17) is 11.6 Å². The second-order valence-electron chi connectivity index (χ2n) is 6.17. The number of benzene rings is 1. The topological polar surface area (TPSA) is 67.2 Å². The zero-order valence-electron chi connectivity index (χ0n) is 14.1. The lowest BCUT2D eigenvalue weighted by atomic mass is 9.96. The summed E-state index contributed by atoms with van der Waals surface area (Å²) in [7, 11) is 1.65. The largest absolute Gasteiger partial charge is 0.369 e. The molecule has 7 heteroatoms. The molecular weight excluding hydrogens is 340 g/mol. The number of nitrogens with one attached hydrogen (secondary N) is 1. The van der Waals surface area contributed by atoms with Crippen LogP contribution in [0.1, 0.15) is 18.4 Å². The molecule has 1 aliphatic heterocycles. The predicted octanol–water partition coefficient (Wildman–Crippen LogP) is 1.91.